The first-order valence-corrected chi connectivity index (χ1v) is 7.51. The number of benzene rings is 1. The second kappa shape index (κ2) is 6.38. The Morgan fingerprint density at radius 2 is 2.05 bits per heavy atom. The van der Waals surface area contributed by atoms with Crippen LogP contribution in [0.4, 0.5) is 5.69 Å². The minimum atomic E-state index is -0.522. The zero-order valence-electron chi connectivity index (χ0n) is 13.8. The second-order valence-electron chi connectivity index (χ2n) is 6.03. The maximum absolute atomic E-state index is 12.7. The van der Waals surface area contributed by atoms with Gasteiger partial charge in [0.1, 0.15) is 5.75 Å². The molecule has 5 nitrogen and oxygen atoms in total. The van der Waals surface area contributed by atoms with Crippen molar-refractivity contribution in [3.05, 3.63) is 23.3 Å². The van der Waals surface area contributed by atoms with E-state index >= 15 is 0 Å². The van der Waals surface area contributed by atoms with Gasteiger partial charge in [-0.3, -0.25) is 9.59 Å². The number of esters is 1. The van der Waals surface area contributed by atoms with E-state index in [1.54, 1.807) is 4.90 Å². The summed E-state index contributed by atoms with van der Waals surface area (Å²) >= 11 is 0. The van der Waals surface area contributed by atoms with E-state index in [-0.39, 0.29) is 24.2 Å². The Morgan fingerprint density at radius 1 is 1.36 bits per heavy atom. The molecule has 1 aliphatic heterocycles. The number of hydrogen-bond donors (Lipinski definition) is 0. The van der Waals surface area contributed by atoms with Gasteiger partial charge in [0.15, 0.2) is 6.10 Å². The quantitative estimate of drug-likeness (QED) is 0.802. The molecule has 1 aromatic carbocycles. The lowest BCUT2D eigenvalue weighted by Gasteiger charge is -2.37. The molecule has 5 heteroatoms. The van der Waals surface area contributed by atoms with Crippen LogP contribution in [0, 0.1) is 19.8 Å². The molecular weight excluding hydrogens is 282 g/mol. The highest BCUT2D eigenvalue weighted by atomic mass is 16.5. The van der Waals surface area contributed by atoms with Crippen LogP contribution >= 0.6 is 0 Å². The van der Waals surface area contributed by atoms with E-state index in [9.17, 15) is 9.59 Å². The third-order valence-corrected chi connectivity index (χ3v) is 3.82. The third-order valence-electron chi connectivity index (χ3n) is 3.82. The number of rotatable bonds is 4. The fourth-order valence-corrected chi connectivity index (χ4v) is 2.69. The Kier molecular flexibility index (Phi) is 4.74. The van der Waals surface area contributed by atoms with Gasteiger partial charge in [0.2, 0.25) is 0 Å². The topological polar surface area (TPSA) is 55.8 Å². The predicted molar refractivity (Wildman–Crippen MR) is 84.2 cm³/mol. The number of carbonyl (C=O) groups is 2. The van der Waals surface area contributed by atoms with Crippen LogP contribution in [0.5, 0.6) is 5.75 Å². The number of amides is 1. The monoisotopic (exact) mass is 305 g/mol. The van der Waals surface area contributed by atoms with Crippen LogP contribution in [-0.4, -0.2) is 31.6 Å². The third kappa shape index (κ3) is 3.08. The van der Waals surface area contributed by atoms with Gasteiger partial charge in [-0.15, -0.1) is 0 Å². The second-order valence-corrected chi connectivity index (χ2v) is 6.03. The minimum Gasteiger partial charge on any atom is -0.478 e. The summed E-state index contributed by atoms with van der Waals surface area (Å²) in [6.07, 6.45) is -0.356. The zero-order valence-corrected chi connectivity index (χ0v) is 13.8. The standard InChI is InChI=1S/C17H23NO4/c1-10(2)15-17(20)18(7-6-14(19)21-5)13-9-11(3)8-12(4)16(13)22-15/h8-10,15H,6-7H2,1-5H3/t15-/m1/s1. The average molecular weight is 305 g/mol. The van der Waals surface area contributed by atoms with Crippen molar-refractivity contribution in [1.29, 1.82) is 0 Å². The summed E-state index contributed by atoms with van der Waals surface area (Å²) < 4.78 is 10.6. The molecule has 1 amide bonds. The number of aryl methyl sites for hydroxylation is 2. The molecule has 1 aromatic rings. The fraction of sp³-hybridized carbons (Fsp3) is 0.529. The van der Waals surface area contributed by atoms with Gasteiger partial charge in [-0.1, -0.05) is 19.9 Å². The highest BCUT2D eigenvalue weighted by Gasteiger charge is 2.37. The van der Waals surface area contributed by atoms with Crippen LogP contribution in [0.15, 0.2) is 12.1 Å². The first-order chi connectivity index (χ1) is 10.3. The lowest BCUT2D eigenvalue weighted by molar-refractivity contribution is -0.140. The van der Waals surface area contributed by atoms with E-state index in [1.165, 1.54) is 7.11 Å². The van der Waals surface area contributed by atoms with E-state index in [1.807, 2.05) is 39.8 Å². The molecule has 0 unspecified atom stereocenters. The molecule has 0 aliphatic carbocycles. The Balaban J connectivity index is 2.41. The van der Waals surface area contributed by atoms with E-state index in [4.69, 9.17) is 4.74 Å². The molecule has 0 N–H and O–H groups in total. The molecular formula is C17H23NO4. The average Bonchev–Trinajstić information content (AvgIpc) is 2.45. The number of hydrogen-bond acceptors (Lipinski definition) is 4. The SMILES string of the molecule is COC(=O)CCN1C(=O)[C@@H](C(C)C)Oc2c(C)cc(C)cc21. The van der Waals surface area contributed by atoms with Gasteiger partial charge >= 0.3 is 5.97 Å². The lowest BCUT2D eigenvalue weighted by Crippen LogP contribution is -2.49. The van der Waals surface area contributed by atoms with Gasteiger partial charge in [-0.05, 0) is 37.0 Å². The van der Waals surface area contributed by atoms with Crippen LogP contribution < -0.4 is 9.64 Å². The highest BCUT2D eigenvalue weighted by Crippen LogP contribution is 2.39. The van der Waals surface area contributed by atoms with Gasteiger partial charge in [0.25, 0.3) is 5.91 Å². The molecule has 0 saturated heterocycles. The Hall–Kier alpha value is -2.04. The molecule has 0 radical (unpaired) electrons. The van der Waals surface area contributed by atoms with Crippen molar-refractivity contribution in [2.45, 2.75) is 40.2 Å². The molecule has 0 spiro atoms. The number of carbonyl (C=O) groups excluding carboxylic acids is 2. The number of ether oxygens (including phenoxy) is 2. The number of fused-ring (bicyclic) bond motifs is 1. The molecule has 1 aliphatic rings. The Labute approximate surface area is 131 Å². The lowest BCUT2D eigenvalue weighted by atomic mass is 10.0. The Bertz CT molecular complexity index is 595. The first-order valence-electron chi connectivity index (χ1n) is 7.51. The van der Waals surface area contributed by atoms with Crippen molar-refractivity contribution in [2.24, 2.45) is 5.92 Å². The smallest absolute Gasteiger partial charge is 0.307 e. The molecule has 1 heterocycles. The molecule has 2 rings (SSSR count). The van der Waals surface area contributed by atoms with Gasteiger partial charge in [0, 0.05) is 6.54 Å². The summed E-state index contributed by atoms with van der Waals surface area (Å²) in [5, 5.41) is 0. The summed E-state index contributed by atoms with van der Waals surface area (Å²) in [6.45, 7) is 8.15. The van der Waals surface area contributed by atoms with Gasteiger partial charge in [-0.25, -0.2) is 0 Å². The summed E-state index contributed by atoms with van der Waals surface area (Å²) in [5.74, 6) is 0.360. The van der Waals surface area contributed by atoms with E-state index in [0.717, 1.165) is 22.6 Å². The molecule has 0 fully saturated rings. The van der Waals surface area contributed by atoms with Crippen molar-refractivity contribution in [2.75, 3.05) is 18.6 Å². The van der Waals surface area contributed by atoms with Crippen molar-refractivity contribution in [3.63, 3.8) is 0 Å². The molecule has 22 heavy (non-hydrogen) atoms. The van der Waals surface area contributed by atoms with Crippen molar-refractivity contribution in [3.8, 4) is 5.75 Å². The first kappa shape index (κ1) is 16.3. The molecule has 0 bridgehead atoms. The molecule has 1 atom stereocenters. The molecule has 0 saturated carbocycles. The largest absolute Gasteiger partial charge is 0.478 e. The summed E-state index contributed by atoms with van der Waals surface area (Å²) in [7, 11) is 1.35. The van der Waals surface area contributed by atoms with E-state index in [2.05, 4.69) is 4.74 Å². The van der Waals surface area contributed by atoms with Crippen molar-refractivity contribution in [1.82, 2.24) is 0 Å². The van der Waals surface area contributed by atoms with Crippen molar-refractivity contribution < 1.29 is 19.1 Å². The van der Waals surface area contributed by atoms with E-state index in [0.29, 0.717) is 6.54 Å². The van der Waals surface area contributed by atoms with Gasteiger partial charge < -0.3 is 14.4 Å². The maximum Gasteiger partial charge on any atom is 0.307 e. The normalized spacial score (nSPS) is 17.3. The fourth-order valence-electron chi connectivity index (χ4n) is 2.69. The van der Waals surface area contributed by atoms with Crippen LogP contribution in [0.25, 0.3) is 0 Å². The summed E-state index contributed by atoms with van der Waals surface area (Å²) in [4.78, 5) is 25.8. The van der Waals surface area contributed by atoms with Crippen molar-refractivity contribution >= 4 is 17.6 Å². The van der Waals surface area contributed by atoms with Gasteiger partial charge in [-0.2, -0.15) is 0 Å². The highest BCUT2D eigenvalue weighted by molar-refractivity contribution is 6.01. The summed E-state index contributed by atoms with van der Waals surface area (Å²) in [6, 6.07) is 3.96. The summed E-state index contributed by atoms with van der Waals surface area (Å²) in [5.41, 5.74) is 2.79. The van der Waals surface area contributed by atoms with E-state index < -0.39 is 6.10 Å². The van der Waals surface area contributed by atoms with Gasteiger partial charge in [0.05, 0.1) is 19.2 Å². The predicted octanol–water partition coefficient (Wildman–Crippen LogP) is 2.62. The van der Waals surface area contributed by atoms with Crippen LogP contribution in [0.1, 0.15) is 31.4 Å². The minimum absolute atomic E-state index is 0.0574. The number of nitrogens with zero attached hydrogens (tertiary/aromatic N) is 1. The van der Waals surface area contributed by atoms with Crippen LogP contribution in [0.2, 0.25) is 0 Å². The zero-order chi connectivity index (χ0) is 16.4. The molecule has 120 valence electrons. The Morgan fingerprint density at radius 3 is 2.64 bits per heavy atom. The van der Waals surface area contributed by atoms with Crippen LogP contribution in [-0.2, 0) is 14.3 Å². The maximum atomic E-state index is 12.7. The number of anilines is 1. The number of methoxy groups -OCH3 is 1. The molecule has 0 aromatic heterocycles. The van der Waals surface area contributed by atoms with Crippen LogP contribution in [0.3, 0.4) is 0 Å².